The van der Waals surface area contributed by atoms with Gasteiger partial charge in [-0.2, -0.15) is 9.97 Å². The van der Waals surface area contributed by atoms with Gasteiger partial charge in [0.2, 0.25) is 5.95 Å². The van der Waals surface area contributed by atoms with Crippen LogP contribution in [-0.2, 0) is 0 Å². The summed E-state index contributed by atoms with van der Waals surface area (Å²) in [5.74, 6) is 2.07. The van der Waals surface area contributed by atoms with E-state index in [0.29, 0.717) is 24.0 Å². The summed E-state index contributed by atoms with van der Waals surface area (Å²) in [6, 6.07) is 18.3. The number of para-hydroxylation sites is 1. The summed E-state index contributed by atoms with van der Waals surface area (Å²) in [5, 5.41) is 6.74. The van der Waals surface area contributed by atoms with E-state index in [1.54, 1.807) is 6.33 Å². The molecular weight excluding hydrogens is 402 g/mol. The molecule has 0 fully saturated rings. The van der Waals surface area contributed by atoms with Crippen molar-refractivity contribution < 1.29 is 4.74 Å². The van der Waals surface area contributed by atoms with Gasteiger partial charge in [0.05, 0.1) is 18.5 Å². The number of H-pyrrole nitrogens is 1. The lowest BCUT2D eigenvalue weighted by Gasteiger charge is -2.25. The second kappa shape index (κ2) is 9.65. The van der Waals surface area contributed by atoms with Crippen molar-refractivity contribution in [3.63, 3.8) is 0 Å². The van der Waals surface area contributed by atoms with Crippen LogP contribution in [-0.4, -0.2) is 51.6 Å². The van der Waals surface area contributed by atoms with Crippen molar-refractivity contribution in [1.29, 1.82) is 0 Å². The van der Waals surface area contributed by atoms with Crippen LogP contribution >= 0.6 is 0 Å². The molecule has 0 spiro atoms. The molecule has 4 aromatic rings. The third kappa shape index (κ3) is 5.15. The molecule has 8 nitrogen and oxygen atoms in total. The van der Waals surface area contributed by atoms with Crippen molar-refractivity contribution >= 4 is 28.6 Å². The number of hydrogen-bond donors (Lipinski definition) is 3. The molecule has 32 heavy (non-hydrogen) atoms. The van der Waals surface area contributed by atoms with Crippen LogP contribution < -0.4 is 15.4 Å². The normalized spacial score (nSPS) is 12.3. The first kappa shape index (κ1) is 21.6. The van der Waals surface area contributed by atoms with Gasteiger partial charge in [-0.1, -0.05) is 30.3 Å². The van der Waals surface area contributed by atoms with Crippen LogP contribution in [0.15, 0.2) is 60.9 Å². The number of nitrogens with zero attached hydrogens (tertiary/aromatic N) is 4. The molecular formula is C24H29N7O. The maximum atomic E-state index is 5.77. The highest BCUT2D eigenvalue weighted by Gasteiger charge is 2.16. The topological polar surface area (TPSA) is 91.0 Å². The van der Waals surface area contributed by atoms with Crippen molar-refractivity contribution in [2.45, 2.75) is 26.0 Å². The van der Waals surface area contributed by atoms with E-state index < -0.39 is 0 Å². The molecule has 8 heteroatoms. The van der Waals surface area contributed by atoms with Gasteiger partial charge in [0.25, 0.3) is 0 Å². The lowest BCUT2D eigenvalue weighted by molar-refractivity contribution is 0.242. The van der Waals surface area contributed by atoms with Gasteiger partial charge in [-0.3, -0.25) is 0 Å². The smallest absolute Gasteiger partial charge is 0.226 e. The van der Waals surface area contributed by atoms with Crippen molar-refractivity contribution in [2.24, 2.45) is 0 Å². The minimum Gasteiger partial charge on any atom is -0.491 e. The number of nitrogens with one attached hydrogen (secondary N) is 3. The Kier molecular flexibility index (Phi) is 6.51. The number of aromatic amines is 1. The first-order valence-corrected chi connectivity index (χ1v) is 10.7. The number of imidazole rings is 1. The largest absolute Gasteiger partial charge is 0.491 e. The van der Waals surface area contributed by atoms with Gasteiger partial charge in [0.15, 0.2) is 11.5 Å². The van der Waals surface area contributed by atoms with Gasteiger partial charge in [0.1, 0.15) is 11.3 Å². The number of likely N-dealkylation sites (N-methyl/N-ethyl adjacent to an activating group) is 1. The Morgan fingerprint density at radius 2 is 1.75 bits per heavy atom. The molecule has 166 valence electrons. The van der Waals surface area contributed by atoms with Gasteiger partial charge in [-0.05, 0) is 57.8 Å². The monoisotopic (exact) mass is 431 g/mol. The van der Waals surface area contributed by atoms with E-state index in [1.165, 1.54) is 5.56 Å². The Morgan fingerprint density at radius 3 is 2.44 bits per heavy atom. The Balaban J connectivity index is 1.53. The second-order valence-electron chi connectivity index (χ2n) is 8.08. The third-order valence-electron chi connectivity index (χ3n) is 5.04. The van der Waals surface area contributed by atoms with Crippen LogP contribution in [0, 0.1) is 0 Å². The molecule has 0 bridgehead atoms. The van der Waals surface area contributed by atoms with Gasteiger partial charge >= 0.3 is 0 Å². The van der Waals surface area contributed by atoms with Gasteiger partial charge in [0, 0.05) is 12.2 Å². The zero-order valence-electron chi connectivity index (χ0n) is 18.8. The van der Waals surface area contributed by atoms with Crippen LogP contribution in [0.2, 0.25) is 0 Å². The summed E-state index contributed by atoms with van der Waals surface area (Å²) in [5.41, 5.74) is 3.51. The fourth-order valence-corrected chi connectivity index (χ4v) is 3.49. The Morgan fingerprint density at radius 1 is 1.00 bits per heavy atom. The number of anilines is 3. The molecule has 2 aromatic carbocycles. The van der Waals surface area contributed by atoms with E-state index in [0.717, 1.165) is 17.0 Å². The molecule has 2 heterocycles. The predicted octanol–water partition coefficient (Wildman–Crippen LogP) is 4.60. The summed E-state index contributed by atoms with van der Waals surface area (Å²) in [7, 11) is 4.12. The number of benzene rings is 2. The molecule has 0 aliphatic heterocycles. The molecule has 0 radical (unpaired) electrons. The molecule has 4 rings (SSSR count). The zero-order chi connectivity index (χ0) is 22.5. The molecule has 0 aliphatic rings. The number of hydrogen-bond acceptors (Lipinski definition) is 7. The first-order valence-electron chi connectivity index (χ1n) is 10.7. The maximum Gasteiger partial charge on any atom is 0.226 e. The van der Waals surface area contributed by atoms with Crippen molar-refractivity contribution in [2.75, 3.05) is 31.3 Å². The van der Waals surface area contributed by atoms with Crippen LogP contribution in [0.3, 0.4) is 0 Å². The average Bonchev–Trinajstić information content (AvgIpc) is 3.24. The highest BCUT2D eigenvalue weighted by molar-refractivity contribution is 5.86. The minimum absolute atomic E-state index is 0.132. The molecule has 3 N–H and O–H groups in total. The molecule has 0 saturated heterocycles. The summed E-state index contributed by atoms with van der Waals surface area (Å²) in [4.78, 5) is 18.9. The quantitative estimate of drug-likeness (QED) is 0.357. The average molecular weight is 432 g/mol. The molecule has 2 aromatic heterocycles. The van der Waals surface area contributed by atoms with E-state index >= 15 is 0 Å². The lowest BCUT2D eigenvalue weighted by atomic mass is 10.1. The first-order chi connectivity index (χ1) is 15.5. The highest BCUT2D eigenvalue weighted by Crippen LogP contribution is 2.25. The number of fused-ring (bicyclic) bond motifs is 1. The Bertz CT molecular complexity index is 1140. The number of rotatable bonds is 9. The van der Waals surface area contributed by atoms with Crippen LogP contribution in [0.25, 0.3) is 11.2 Å². The maximum absolute atomic E-state index is 5.77. The van der Waals surface area contributed by atoms with Gasteiger partial charge in [-0.15, -0.1) is 0 Å². The Labute approximate surface area is 188 Å². The van der Waals surface area contributed by atoms with Gasteiger partial charge < -0.3 is 25.3 Å². The van der Waals surface area contributed by atoms with E-state index in [9.17, 15) is 0 Å². The van der Waals surface area contributed by atoms with Crippen LogP contribution in [0.1, 0.15) is 25.5 Å². The standard InChI is InChI=1S/C24H29N7O/c1-16(2)32-19-12-10-17(11-13-19)20(31(3)4)14-25-24-29-22-21(26-15-27-22)23(30-24)28-18-8-6-5-7-9-18/h5-13,15-16,20H,14H2,1-4H3,(H3,25,26,27,28,29,30). The third-order valence-corrected chi connectivity index (χ3v) is 5.04. The summed E-state index contributed by atoms with van der Waals surface area (Å²) < 4.78 is 5.77. The van der Waals surface area contributed by atoms with Crippen LogP contribution in [0.4, 0.5) is 17.5 Å². The number of aromatic nitrogens is 4. The minimum atomic E-state index is 0.132. The lowest BCUT2D eigenvalue weighted by Crippen LogP contribution is -2.27. The van der Waals surface area contributed by atoms with Crippen molar-refractivity contribution in [3.8, 4) is 5.75 Å². The number of ether oxygens (including phenoxy) is 1. The zero-order valence-corrected chi connectivity index (χ0v) is 18.8. The molecule has 0 aliphatic carbocycles. The summed E-state index contributed by atoms with van der Waals surface area (Å²) in [6.07, 6.45) is 1.78. The van der Waals surface area contributed by atoms with Crippen molar-refractivity contribution in [1.82, 2.24) is 24.8 Å². The molecule has 0 saturated carbocycles. The molecule has 0 amide bonds. The molecule has 1 unspecified atom stereocenters. The SMILES string of the molecule is CC(C)Oc1ccc(C(CNc2nc(Nc3ccccc3)c3[nH]cnc3n2)N(C)C)cc1. The second-order valence-corrected chi connectivity index (χ2v) is 8.08. The Hall–Kier alpha value is -3.65. The predicted molar refractivity (Wildman–Crippen MR) is 129 cm³/mol. The van der Waals surface area contributed by atoms with E-state index in [1.807, 2.05) is 56.3 Å². The van der Waals surface area contributed by atoms with E-state index in [4.69, 9.17) is 9.72 Å². The van der Waals surface area contributed by atoms with Crippen LogP contribution in [0.5, 0.6) is 5.75 Å². The summed E-state index contributed by atoms with van der Waals surface area (Å²) >= 11 is 0. The highest BCUT2D eigenvalue weighted by atomic mass is 16.5. The fourth-order valence-electron chi connectivity index (χ4n) is 3.49. The van der Waals surface area contributed by atoms with Crippen molar-refractivity contribution in [3.05, 3.63) is 66.5 Å². The fraction of sp³-hybridized carbons (Fsp3) is 0.292. The van der Waals surface area contributed by atoms with E-state index in [-0.39, 0.29) is 12.1 Å². The van der Waals surface area contributed by atoms with Gasteiger partial charge in [-0.25, -0.2) is 4.98 Å². The molecule has 1 atom stereocenters. The summed E-state index contributed by atoms with van der Waals surface area (Å²) in [6.45, 7) is 4.69. The van der Waals surface area contributed by atoms with E-state index in [2.05, 4.69) is 56.7 Å².